The average molecular weight is 316 g/mol. The Hall–Kier alpha value is -0.610. The fraction of sp³-hybridized carbons (Fsp3) is 0.571. The van der Waals surface area contributed by atoms with Crippen LogP contribution in [0.25, 0.3) is 0 Å². The summed E-state index contributed by atoms with van der Waals surface area (Å²) in [7, 11) is 2.06. The molecule has 18 heavy (non-hydrogen) atoms. The number of ether oxygens (including phenoxy) is 1. The molecule has 4 heteroatoms. The molecule has 0 aromatic heterocycles. The van der Waals surface area contributed by atoms with Gasteiger partial charge in [-0.3, -0.25) is 0 Å². The zero-order valence-corrected chi connectivity index (χ0v) is 12.2. The maximum absolute atomic E-state index is 12.9. The van der Waals surface area contributed by atoms with Crippen LogP contribution in [0.2, 0.25) is 0 Å². The van der Waals surface area contributed by atoms with E-state index < -0.39 is 0 Å². The normalized spacial score (nSPS) is 18.6. The van der Waals surface area contributed by atoms with Crippen LogP contribution in [0.4, 0.5) is 10.1 Å². The van der Waals surface area contributed by atoms with Gasteiger partial charge in [-0.15, -0.1) is 0 Å². The van der Waals surface area contributed by atoms with Crippen LogP contribution in [-0.2, 0) is 4.74 Å². The van der Waals surface area contributed by atoms with Crippen molar-refractivity contribution in [2.24, 2.45) is 5.41 Å². The molecule has 1 heterocycles. The lowest BCUT2D eigenvalue weighted by molar-refractivity contribution is 0.0304. The van der Waals surface area contributed by atoms with Crippen LogP contribution in [0.5, 0.6) is 0 Å². The second-order valence-corrected chi connectivity index (χ2v) is 5.64. The fourth-order valence-electron chi connectivity index (χ4n) is 2.43. The van der Waals surface area contributed by atoms with Crippen molar-refractivity contribution in [2.45, 2.75) is 12.8 Å². The molecule has 0 saturated carbocycles. The maximum Gasteiger partial charge on any atom is 0.123 e. The smallest absolute Gasteiger partial charge is 0.123 e. The van der Waals surface area contributed by atoms with E-state index in [1.807, 2.05) is 12.1 Å². The first kappa shape index (κ1) is 13.8. The highest BCUT2D eigenvalue weighted by molar-refractivity contribution is 9.09. The van der Waals surface area contributed by atoms with Crippen molar-refractivity contribution in [3.63, 3.8) is 0 Å². The topological polar surface area (TPSA) is 12.5 Å². The standard InChI is InChI=1S/C14H19BrFNO/c1-17(13-4-2-12(16)3-5-13)11-14(10-15)6-8-18-9-7-14/h2-5H,6-11H2,1H3. The molecular weight excluding hydrogens is 297 g/mol. The van der Waals surface area contributed by atoms with Crippen molar-refractivity contribution >= 4 is 21.6 Å². The lowest BCUT2D eigenvalue weighted by Gasteiger charge is -2.39. The van der Waals surface area contributed by atoms with Crippen LogP contribution in [0.3, 0.4) is 0 Å². The lowest BCUT2D eigenvalue weighted by Crippen LogP contribution is -2.41. The third kappa shape index (κ3) is 3.23. The summed E-state index contributed by atoms with van der Waals surface area (Å²) in [5.74, 6) is -0.187. The van der Waals surface area contributed by atoms with Gasteiger partial charge in [0.1, 0.15) is 5.82 Å². The van der Waals surface area contributed by atoms with Gasteiger partial charge in [-0.1, -0.05) is 15.9 Å². The summed E-state index contributed by atoms with van der Waals surface area (Å²) >= 11 is 3.64. The van der Waals surface area contributed by atoms with Gasteiger partial charge in [0.05, 0.1) is 0 Å². The van der Waals surface area contributed by atoms with Crippen LogP contribution in [-0.4, -0.2) is 32.1 Å². The first-order valence-corrected chi connectivity index (χ1v) is 7.38. The Bertz CT molecular complexity index is 376. The van der Waals surface area contributed by atoms with Crippen LogP contribution >= 0.6 is 15.9 Å². The molecule has 0 amide bonds. The van der Waals surface area contributed by atoms with E-state index in [0.717, 1.165) is 43.6 Å². The van der Waals surface area contributed by atoms with E-state index in [-0.39, 0.29) is 11.2 Å². The van der Waals surface area contributed by atoms with Gasteiger partial charge in [0.25, 0.3) is 0 Å². The minimum Gasteiger partial charge on any atom is -0.381 e. The molecule has 1 aliphatic rings. The summed E-state index contributed by atoms with van der Waals surface area (Å²) < 4.78 is 18.3. The van der Waals surface area contributed by atoms with Gasteiger partial charge >= 0.3 is 0 Å². The first-order valence-electron chi connectivity index (χ1n) is 6.26. The zero-order valence-electron chi connectivity index (χ0n) is 10.7. The number of hydrogen-bond acceptors (Lipinski definition) is 2. The van der Waals surface area contributed by atoms with Crippen LogP contribution in [0.15, 0.2) is 24.3 Å². The van der Waals surface area contributed by atoms with Crippen molar-refractivity contribution in [1.82, 2.24) is 0 Å². The molecule has 0 aliphatic carbocycles. The van der Waals surface area contributed by atoms with E-state index in [1.54, 1.807) is 0 Å². The molecular formula is C14H19BrFNO. The van der Waals surface area contributed by atoms with E-state index in [1.165, 1.54) is 12.1 Å². The average Bonchev–Trinajstić information content (AvgIpc) is 2.40. The lowest BCUT2D eigenvalue weighted by atomic mass is 9.82. The molecule has 0 radical (unpaired) electrons. The predicted octanol–water partition coefficient (Wildman–Crippen LogP) is 3.45. The molecule has 1 aromatic carbocycles. The third-order valence-electron chi connectivity index (χ3n) is 3.68. The highest BCUT2D eigenvalue weighted by Gasteiger charge is 2.32. The van der Waals surface area contributed by atoms with E-state index in [2.05, 4.69) is 27.9 Å². The van der Waals surface area contributed by atoms with Gasteiger partial charge in [0, 0.05) is 43.2 Å². The minimum atomic E-state index is -0.187. The molecule has 1 fully saturated rings. The Morgan fingerprint density at radius 1 is 1.28 bits per heavy atom. The molecule has 0 unspecified atom stereocenters. The van der Waals surface area contributed by atoms with E-state index in [0.29, 0.717) is 0 Å². The number of rotatable bonds is 4. The largest absolute Gasteiger partial charge is 0.381 e. The molecule has 0 atom stereocenters. The number of nitrogens with zero attached hydrogens (tertiary/aromatic N) is 1. The van der Waals surface area contributed by atoms with Gasteiger partial charge in [-0.25, -0.2) is 4.39 Å². The molecule has 100 valence electrons. The zero-order chi connectivity index (χ0) is 13.0. The molecule has 2 nitrogen and oxygen atoms in total. The summed E-state index contributed by atoms with van der Waals surface area (Å²) in [5, 5.41) is 0.981. The third-order valence-corrected chi connectivity index (χ3v) is 4.87. The Morgan fingerprint density at radius 2 is 1.89 bits per heavy atom. The second kappa shape index (κ2) is 6.02. The Balaban J connectivity index is 2.04. The fourth-order valence-corrected chi connectivity index (χ4v) is 3.17. The monoisotopic (exact) mass is 315 g/mol. The number of hydrogen-bond donors (Lipinski definition) is 0. The summed E-state index contributed by atoms with van der Waals surface area (Å²) in [5.41, 5.74) is 1.32. The minimum absolute atomic E-state index is 0.187. The molecule has 1 aromatic rings. The van der Waals surface area contributed by atoms with Crippen molar-refractivity contribution in [3.8, 4) is 0 Å². The van der Waals surface area contributed by atoms with Gasteiger partial charge in [-0.2, -0.15) is 0 Å². The Labute approximate surface area is 116 Å². The number of halogens is 2. The Morgan fingerprint density at radius 3 is 2.44 bits per heavy atom. The maximum atomic E-state index is 12.9. The van der Waals surface area contributed by atoms with Crippen LogP contribution in [0.1, 0.15) is 12.8 Å². The summed E-state index contributed by atoms with van der Waals surface area (Å²) in [4.78, 5) is 2.20. The summed E-state index contributed by atoms with van der Waals surface area (Å²) in [6, 6.07) is 6.68. The van der Waals surface area contributed by atoms with E-state index >= 15 is 0 Å². The highest BCUT2D eigenvalue weighted by Crippen LogP contribution is 2.34. The molecule has 1 aliphatic heterocycles. The van der Waals surface area contributed by atoms with Crippen molar-refractivity contribution in [1.29, 1.82) is 0 Å². The quantitative estimate of drug-likeness (QED) is 0.789. The molecule has 2 rings (SSSR count). The number of benzene rings is 1. The van der Waals surface area contributed by atoms with Gasteiger partial charge < -0.3 is 9.64 Å². The van der Waals surface area contributed by atoms with Crippen molar-refractivity contribution < 1.29 is 9.13 Å². The van der Waals surface area contributed by atoms with Crippen LogP contribution in [0, 0.1) is 11.2 Å². The second-order valence-electron chi connectivity index (χ2n) is 5.08. The van der Waals surface area contributed by atoms with E-state index in [9.17, 15) is 4.39 Å². The molecule has 0 bridgehead atoms. The van der Waals surface area contributed by atoms with Crippen molar-refractivity contribution in [2.75, 3.05) is 37.0 Å². The first-order chi connectivity index (χ1) is 8.65. The van der Waals surface area contributed by atoms with Crippen LogP contribution < -0.4 is 4.90 Å². The van der Waals surface area contributed by atoms with Gasteiger partial charge in [-0.05, 0) is 37.1 Å². The summed E-state index contributed by atoms with van der Waals surface area (Å²) in [6.45, 7) is 2.64. The SMILES string of the molecule is CN(CC1(CBr)CCOCC1)c1ccc(F)cc1. The molecule has 0 spiro atoms. The number of anilines is 1. The predicted molar refractivity (Wildman–Crippen MR) is 76.0 cm³/mol. The van der Waals surface area contributed by atoms with E-state index in [4.69, 9.17) is 4.74 Å². The molecule has 0 N–H and O–H groups in total. The highest BCUT2D eigenvalue weighted by atomic mass is 79.9. The molecule has 1 saturated heterocycles. The van der Waals surface area contributed by atoms with Gasteiger partial charge in [0.2, 0.25) is 0 Å². The van der Waals surface area contributed by atoms with Gasteiger partial charge in [0.15, 0.2) is 0 Å². The Kier molecular flexibility index (Phi) is 4.62. The van der Waals surface area contributed by atoms with Crippen molar-refractivity contribution in [3.05, 3.63) is 30.1 Å². The summed E-state index contributed by atoms with van der Waals surface area (Å²) in [6.07, 6.45) is 2.15. The number of alkyl halides is 1.